The average Bonchev–Trinajstić information content (AvgIpc) is 3.10. The van der Waals surface area contributed by atoms with Crippen molar-refractivity contribution in [2.24, 2.45) is 0 Å². The minimum absolute atomic E-state index is 0.0190. The monoisotopic (exact) mass is 326 g/mol. The number of carbonyl (C=O) groups excluding carboxylic acids is 1. The number of ether oxygens (including phenoxy) is 1. The van der Waals surface area contributed by atoms with Crippen LogP contribution in [0.4, 0.5) is 0 Å². The normalized spacial score (nSPS) is 23.8. The second-order valence-electron chi connectivity index (χ2n) is 6.55. The van der Waals surface area contributed by atoms with Crippen LogP contribution in [0.2, 0.25) is 0 Å². The predicted octanol–water partition coefficient (Wildman–Crippen LogP) is 2.11. The van der Waals surface area contributed by atoms with E-state index in [1.807, 2.05) is 35.2 Å². The Kier molecular flexibility index (Phi) is 4.30. The van der Waals surface area contributed by atoms with Gasteiger partial charge in [0.25, 0.3) is 5.91 Å². The number of benzene rings is 1. The van der Waals surface area contributed by atoms with E-state index in [9.17, 15) is 4.79 Å². The molecule has 126 valence electrons. The zero-order valence-corrected chi connectivity index (χ0v) is 13.7. The molecule has 1 aromatic carbocycles. The van der Waals surface area contributed by atoms with Crippen molar-refractivity contribution in [1.82, 2.24) is 19.9 Å². The van der Waals surface area contributed by atoms with E-state index in [2.05, 4.69) is 10.3 Å². The van der Waals surface area contributed by atoms with Gasteiger partial charge < -0.3 is 9.64 Å². The Bertz CT molecular complexity index is 698. The Labute approximate surface area is 141 Å². The lowest BCUT2D eigenvalue weighted by molar-refractivity contribution is -0.0754. The van der Waals surface area contributed by atoms with Gasteiger partial charge in [-0.25, -0.2) is 4.68 Å². The molecule has 2 aromatic rings. The maximum atomic E-state index is 12.9. The highest BCUT2D eigenvalue weighted by Crippen LogP contribution is 2.29. The van der Waals surface area contributed by atoms with Gasteiger partial charge in [0.2, 0.25) is 0 Å². The zero-order chi connectivity index (χ0) is 16.4. The summed E-state index contributed by atoms with van der Waals surface area (Å²) in [5.74, 6) is -0.0190. The maximum absolute atomic E-state index is 12.9. The van der Waals surface area contributed by atoms with Crippen molar-refractivity contribution in [3.63, 3.8) is 0 Å². The molecule has 2 unspecified atom stereocenters. The number of amides is 1. The van der Waals surface area contributed by atoms with Gasteiger partial charge in [-0.3, -0.25) is 4.79 Å². The first-order valence-corrected chi connectivity index (χ1v) is 8.68. The van der Waals surface area contributed by atoms with Gasteiger partial charge in [0.05, 0.1) is 31.5 Å². The molecule has 0 N–H and O–H groups in total. The molecule has 1 aliphatic carbocycles. The van der Waals surface area contributed by atoms with Crippen molar-refractivity contribution in [2.75, 3.05) is 13.2 Å². The van der Waals surface area contributed by atoms with E-state index in [0.717, 1.165) is 24.8 Å². The molecule has 0 bridgehead atoms. The molecule has 2 atom stereocenters. The summed E-state index contributed by atoms with van der Waals surface area (Å²) in [7, 11) is 0. The first-order chi connectivity index (χ1) is 11.8. The molecule has 1 saturated carbocycles. The first-order valence-electron chi connectivity index (χ1n) is 8.68. The molecule has 0 radical (unpaired) electrons. The zero-order valence-electron chi connectivity index (χ0n) is 13.7. The third-order valence-electron chi connectivity index (χ3n) is 4.94. The molecule has 1 aromatic heterocycles. The summed E-state index contributed by atoms with van der Waals surface area (Å²) in [6, 6.07) is 10.2. The standard InChI is InChI=1S/C18H22N4O2/c23-18(22-10-11-24-17-9-5-4-8-16(17)22)15-13-21(20-19-15)12-14-6-2-1-3-7-14/h1-3,6-7,13,16-17H,4-5,8-12H2. The van der Waals surface area contributed by atoms with Crippen molar-refractivity contribution in [3.8, 4) is 0 Å². The van der Waals surface area contributed by atoms with Crippen LogP contribution in [0.1, 0.15) is 41.7 Å². The first kappa shape index (κ1) is 15.3. The van der Waals surface area contributed by atoms with Gasteiger partial charge in [-0.1, -0.05) is 48.4 Å². The van der Waals surface area contributed by atoms with E-state index in [0.29, 0.717) is 25.4 Å². The van der Waals surface area contributed by atoms with Crippen molar-refractivity contribution >= 4 is 5.91 Å². The molecular formula is C18H22N4O2. The van der Waals surface area contributed by atoms with Crippen LogP contribution in [0.5, 0.6) is 0 Å². The third-order valence-corrected chi connectivity index (χ3v) is 4.94. The highest BCUT2D eigenvalue weighted by atomic mass is 16.5. The van der Waals surface area contributed by atoms with Crippen LogP contribution in [0.25, 0.3) is 0 Å². The van der Waals surface area contributed by atoms with Crippen LogP contribution in [0, 0.1) is 0 Å². The molecule has 0 spiro atoms. The van der Waals surface area contributed by atoms with E-state index in [4.69, 9.17) is 4.74 Å². The molecule has 1 amide bonds. The highest BCUT2D eigenvalue weighted by Gasteiger charge is 2.37. The second-order valence-corrected chi connectivity index (χ2v) is 6.55. The van der Waals surface area contributed by atoms with E-state index in [1.54, 1.807) is 10.9 Å². The molecular weight excluding hydrogens is 304 g/mol. The van der Waals surface area contributed by atoms with E-state index >= 15 is 0 Å². The number of morpholine rings is 1. The van der Waals surface area contributed by atoms with Gasteiger partial charge in [0.1, 0.15) is 0 Å². The van der Waals surface area contributed by atoms with Gasteiger partial charge in [0, 0.05) is 6.54 Å². The molecule has 6 heteroatoms. The highest BCUT2D eigenvalue weighted by molar-refractivity contribution is 5.92. The van der Waals surface area contributed by atoms with Crippen LogP contribution in [0.3, 0.4) is 0 Å². The number of fused-ring (bicyclic) bond motifs is 1. The summed E-state index contributed by atoms with van der Waals surface area (Å²) >= 11 is 0. The molecule has 2 heterocycles. The lowest BCUT2D eigenvalue weighted by Gasteiger charge is -2.43. The fraction of sp³-hybridized carbons (Fsp3) is 0.500. The van der Waals surface area contributed by atoms with Gasteiger partial charge in [0.15, 0.2) is 5.69 Å². The second kappa shape index (κ2) is 6.73. The topological polar surface area (TPSA) is 60.2 Å². The number of rotatable bonds is 3. The third kappa shape index (κ3) is 3.06. The van der Waals surface area contributed by atoms with E-state index in [1.165, 1.54) is 6.42 Å². The number of nitrogens with zero attached hydrogens (tertiary/aromatic N) is 4. The Morgan fingerprint density at radius 1 is 1.21 bits per heavy atom. The summed E-state index contributed by atoms with van der Waals surface area (Å²) in [5.41, 5.74) is 1.57. The molecule has 1 saturated heterocycles. The summed E-state index contributed by atoms with van der Waals surface area (Å²) in [5, 5.41) is 8.23. The average molecular weight is 326 g/mol. The molecule has 2 fully saturated rings. The number of hydrogen-bond donors (Lipinski definition) is 0. The van der Waals surface area contributed by atoms with Crippen LogP contribution >= 0.6 is 0 Å². The molecule has 24 heavy (non-hydrogen) atoms. The molecule has 4 rings (SSSR count). The number of hydrogen-bond acceptors (Lipinski definition) is 4. The fourth-order valence-electron chi connectivity index (χ4n) is 3.74. The lowest BCUT2D eigenvalue weighted by atomic mass is 9.90. The van der Waals surface area contributed by atoms with Gasteiger partial charge in [-0.15, -0.1) is 5.10 Å². The van der Waals surface area contributed by atoms with Crippen molar-refractivity contribution in [3.05, 3.63) is 47.8 Å². The quantitative estimate of drug-likeness (QED) is 0.867. The van der Waals surface area contributed by atoms with Crippen LogP contribution in [0.15, 0.2) is 36.5 Å². The van der Waals surface area contributed by atoms with Crippen LogP contribution in [-0.4, -0.2) is 51.1 Å². The van der Waals surface area contributed by atoms with Crippen molar-refractivity contribution in [1.29, 1.82) is 0 Å². The summed E-state index contributed by atoms with van der Waals surface area (Å²) < 4.78 is 7.57. The largest absolute Gasteiger partial charge is 0.374 e. The lowest BCUT2D eigenvalue weighted by Crippen LogP contribution is -2.54. The Morgan fingerprint density at radius 2 is 2.04 bits per heavy atom. The van der Waals surface area contributed by atoms with Crippen LogP contribution in [-0.2, 0) is 11.3 Å². The minimum atomic E-state index is -0.0190. The Hall–Kier alpha value is -2.21. The summed E-state index contributed by atoms with van der Waals surface area (Å²) in [6.45, 7) is 1.88. The number of aromatic nitrogens is 3. The Balaban J connectivity index is 1.48. The predicted molar refractivity (Wildman–Crippen MR) is 88.6 cm³/mol. The van der Waals surface area contributed by atoms with Gasteiger partial charge >= 0.3 is 0 Å². The number of carbonyl (C=O) groups is 1. The fourth-order valence-corrected chi connectivity index (χ4v) is 3.74. The summed E-state index contributed by atoms with van der Waals surface area (Å²) in [6.07, 6.45) is 6.37. The Morgan fingerprint density at radius 3 is 2.92 bits per heavy atom. The molecule has 2 aliphatic rings. The van der Waals surface area contributed by atoms with Gasteiger partial charge in [-0.05, 0) is 18.4 Å². The molecule has 1 aliphatic heterocycles. The SMILES string of the molecule is O=C(c1cn(Cc2ccccc2)nn1)N1CCOC2CCCCC21. The minimum Gasteiger partial charge on any atom is -0.374 e. The van der Waals surface area contributed by atoms with Crippen LogP contribution < -0.4 is 0 Å². The van der Waals surface area contributed by atoms with Crippen molar-refractivity contribution in [2.45, 2.75) is 44.4 Å². The van der Waals surface area contributed by atoms with E-state index in [-0.39, 0.29) is 18.1 Å². The molecule has 6 nitrogen and oxygen atoms in total. The summed E-state index contributed by atoms with van der Waals surface area (Å²) in [4.78, 5) is 14.8. The van der Waals surface area contributed by atoms with Gasteiger partial charge in [-0.2, -0.15) is 0 Å². The smallest absolute Gasteiger partial charge is 0.276 e. The van der Waals surface area contributed by atoms with Crippen molar-refractivity contribution < 1.29 is 9.53 Å². The van der Waals surface area contributed by atoms with E-state index < -0.39 is 0 Å². The maximum Gasteiger partial charge on any atom is 0.276 e.